The molecule has 30 heavy (non-hydrogen) atoms. The fraction of sp³-hybridized carbons (Fsp3) is 0.190. The lowest BCUT2D eigenvalue weighted by Gasteiger charge is -2.08. The fourth-order valence-corrected chi connectivity index (χ4v) is 3.98. The number of aromatic nitrogens is 3. The summed E-state index contributed by atoms with van der Waals surface area (Å²) in [6, 6.07) is 12.9. The average Bonchev–Trinajstić information content (AvgIpc) is 3.31. The molecule has 0 spiro atoms. The van der Waals surface area contributed by atoms with Crippen LogP contribution in [0.4, 0.5) is 5.69 Å². The Hall–Kier alpha value is -2.97. The van der Waals surface area contributed by atoms with Crippen LogP contribution in [0.3, 0.4) is 0 Å². The number of hydrogen-bond donors (Lipinski definition) is 1. The number of para-hydroxylation sites is 1. The van der Waals surface area contributed by atoms with Crippen LogP contribution >= 0.6 is 23.4 Å². The summed E-state index contributed by atoms with van der Waals surface area (Å²) in [5.41, 5.74) is 2.30. The molecule has 2 aromatic heterocycles. The van der Waals surface area contributed by atoms with Gasteiger partial charge in [-0.3, -0.25) is 4.79 Å². The largest absolute Gasteiger partial charge is 0.493 e. The molecule has 0 radical (unpaired) electrons. The lowest BCUT2D eigenvalue weighted by molar-refractivity contribution is -0.113. The maximum Gasteiger partial charge on any atom is 0.234 e. The molecule has 0 saturated carbocycles. The standard InChI is InChI=1S/C21H19ClN4O3S/c1-12-9-14(22)7-8-15(12)23-18(27)11-30-21-25-24-20(26(21)2)17-10-13-5-4-6-16(28-3)19(13)29-17/h4-10H,11H2,1-3H3,(H,23,27). The number of ether oxygens (including phenoxy) is 1. The van der Waals surface area contributed by atoms with E-state index in [1.807, 2.05) is 44.3 Å². The summed E-state index contributed by atoms with van der Waals surface area (Å²) in [4.78, 5) is 12.3. The highest BCUT2D eigenvalue weighted by Gasteiger charge is 2.18. The van der Waals surface area contributed by atoms with Gasteiger partial charge in [0.1, 0.15) is 0 Å². The Morgan fingerprint density at radius 1 is 1.27 bits per heavy atom. The molecule has 7 nitrogen and oxygen atoms in total. The second kappa shape index (κ2) is 8.41. The number of fused-ring (bicyclic) bond motifs is 1. The summed E-state index contributed by atoms with van der Waals surface area (Å²) in [7, 11) is 3.44. The fourth-order valence-electron chi connectivity index (χ4n) is 3.05. The molecule has 0 aliphatic heterocycles. The highest BCUT2D eigenvalue weighted by atomic mass is 35.5. The summed E-state index contributed by atoms with van der Waals surface area (Å²) in [6.07, 6.45) is 0. The molecule has 4 rings (SSSR count). The normalized spacial score (nSPS) is 11.1. The first-order chi connectivity index (χ1) is 14.5. The molecule has 154 valence electrons. The lowest BCUT2D eigenvalue weighted by Crippen LogP contribution is -2.15. The van der Waals surface area contributed by atoms with Crippen LogP contribution in [0.1, 0.15) is 5.56 Å². The van der Waals surface area contributed by atoms with E-state index in [9.17, 15) is 4.79 Å². The van der Waals surface area contributed by atoms with Gasteiger partial charge in [0.15, 0.2) is 28.1 Å². The number of carbonyl (C=O) groups excluding carboxylic acids is 1. The number of benzene rings is 2. The zero-order valence-electron chi connectivity index (χ0n) is 16.6. The molecule has 9 heteroatoms. The molecule has 1 amide bonds. The Bertz CT molecular complexity index is 1230. The molecule has 1 N–H and O–H groups in total. The van der Waals surface area contributed by atoms with Gasteiger partial charge < -0.3 is 19.0 Å². The molecular weight excluding hydrogens is 424 g/mol. The number of amides is 1. The maximum absolute atomic E-state index is 12.3. The van der Waals surface area contributed by atoms with Crippen LogP contribution in [-0.2, 0) is 11.8 Å². The van der Waals surface area contributed by atoms with Crippen molar-refractivity contribution < 1.29 is 13.9 Å². The molecule has 2 heterocycles. The first-order valence-electron chi connectivity index (χ1n) is 9.11. The van der Waals surface area contributed by atoms with Crippen LogP contribution in [0, 0.1) is 6.92 Å². The third-order valence-corrected chi connectivity index (χ3v) is 5.83. The van der Waals surface area contributed by atoms with Crippen molar-refractivity contribution >= 4 is 45.9 Å². The molecule has 4 aromatic rings. The molecule has 0 aliphatic rings. The van der Waals surface area contributed by atoms with Gasteiger partial charge in [-0.2, -0.15) is 0 Å². The van der Waals surface area contributed by atoms with Crippen molar-refractivity contribution in [3.05, 3.63) is 53.1 Å². The number of thioether (sulfide) groups is 1. The zero-order valence-corrected chi connectivity index (χ0v) is 18.2. The van der Waals surface area contributed by atoms with Gasteiger partial charge in [-0.15, -0.1) is 10.2 Å². The van der Waals surface area contributed by atoms with Gasteiger partial charge >= 0.3 is 0 Å². The first-order valence-corrected chi connectivity index (χ1v) is 10.5. The number of methoxy groups -OCH3 is 1. The molecular formula is C21H19ClN4O3S. The summed E-state index contributed by atoms with van der Waals surface area (Å²) in [5, 5.41) is 13.5. The van der Waals surface area contributed by atoms with E-state index in [0.717, 1.165) is 16.6 Å². The highest BCUT2D eigenvalue weighted by molar-refractivity contribution is 7.99. The molecule has 2 aromatic carbocycles. The molecule has 0 fully saturated rings. The van der Waals surface area contributed by atoms with Crippen LogP contribution in [0.5, 0.6) is 5.75 Å². The van der Waals surface area contributed by atoms with Gasteiger partial charge in [0.05, 0.1) is 12.9 Å². The van der Waals surface area contributed by atoms with Gasteiger partial charge in [-0.25, -0.2) is 0 Å². The number of hydrogen-bond acceptors (Lipinski definition) is 6. The number of anilines is 1. The predicted octanol–water partition coefficient (Wildman–Crippen LogP) is 4.93. The average molecular weight is 443 g/mol. The second-order valence-corrected chi connectivity index (χ2v) is 8.03. The molecule has 0 atom stereocenters. The van der Waals surface area contributed by atoms with Crippen molar-refractivity contribution in [1.29, 1.82) is 0 Å². The highest BCUT2D eigenvalue weighted by Crippen LogP contribution is 2.33. The Morgan fingerprint density at radius 2 is 2.10 bits per heavy atom. The van der Waals surface area contributed by atoms with Gasteiger partial charge in [0.2, 0.25) is 5.91 Å². The van der Waals surface area contributed by atoms with Gasteiger partial charge in [0.25, 0.3) is 0 Å². The monoisotopic (exact) mass is 442 g/mol. The van der Waals surface area contributed by atoms with Crippen LogP contribution < -0.4 is 10.1 Å². The van der Waals surface area contributed by atoms with E-state index in [1.54, 1.807) is 23.8 Å². The van der Waals surface area contributed by atoms with E-state index in [0.29, 0.717) is 33.1 Å². The van der Waals surface area contributed by atoms with Crippen LogP contribution in [0.15, 0.2) is 52.0 Å². The Kier molecular flexibility index (Phi) is 5.69. The number of nitrogens with one attached hydrogen (secondary N) is 1. The van der Waals surface area contributed by atoms with Crippen LogP contribution in [0.2, 0.25) is 5.02 Å². The Balaban J connectivity index is 1.48. The van der Waals surface area contributed by atoms with E-state index < -0.39 is 0 Å². The lowest BCUT2D eigenvalue weighted by atomic mass is 10.2. The van der Waals surface area contributed by atoms with Gasteiger partial charge in [-0.05, 0) is 42.8 Å². The first kappa shape index (κ1) is 20.3. The number of carbonyl (C=O) groups is 1. The number of rotatable bonds is 6. The Morgan fingerprint density at radius 3 is 2.87 bits per heavy atom. The van der Waals surface area contributed by atoms with Crippen molar-refractivity contribution in [3.8, 4) is 17.3 Å². The predicted molar refractivity (Wildman–Crippen MR) is 118 cm³/mol. The third kappa shape index (κ3) is 4.01. The minimum Gasteiger partial charge on any atom is -0.493 e. The minimum atomic E-state index is -0.136. The summed E-state index contributed by atoms with van der Waals surface area (Å²) in [6.45, 7) is 1.89. The maximum atomic E-state index is 12.3. The van der Waals surface area contributed by atoms with Gasteiger partial charge in [0, 0.05) is 23.1 Å². The topological polar surface area (TPSA) is 82.2 Å². The number of furan rings is 1. The number of nitrogens with zero attached hydrogens (tertiary/aromatic N) is 3. The van der Waals surface area contributed by atoms with Crippen molar-refractivity contribution in [2.45, 2.75) is 12.1 Å². The minimum absolute atomic E-state index is 0.136. The van der Waals surface area contributed by atoms with Crippen molar-refractivity contribution in [2.24, 2.45) is 7.05 Å². The summed E-state index contributed by atoms with van der Waals surface area (Å²) < 4.78 is 13.1. The molecule has 0 bridgehead atoms. The van der Waals surface area contributed by atoms with E-state index in [2.05, 4.69) is 15.5 Å². The van der Waals surface area contributed by atoms with Gasteiger partial charge in [-0.1, -0.05) is 35.5 Å². The smallest absolute Gasteiger partial charge is 0.234 e. The molecule has 0 unspecified atom stereocenters. The second-order valence-electron chi connectivity index (χ2n) is 6.65. The number of halogens is 1. The van der Waals surface area contributed by atoms with Crippen LogP contribution in [-0.4, -0.2) is 33.5 Å². The van der Waals surface area contributed by atoms with E-state index in [1.165, 1.54) is 11.8 Å². The van der Waals surface area contributed by atoms with Crippen LogP contribution in [0.25, 0.3) is 22.6 Å². The zero-order chi connectivity index (χ0) is 21.3. The van der Waals surface area contributed by atoms with Crippen molar-refractivity contribution in [1.82, 2.24) is 14.8 Å². The quantitative estimate of drug-likeness (QED) is 0.426. The number of aryl methyl sites for hydroxylation is 1. The Labute approximate surface area is 182 Å². The molecule has 0 aliphatic carbocycles. The van der Waals surface area contributed by atoms with E-state index in [4.69, 9.17) is 20.8 Å². The van der Waals surface area contributed by atoms with E-state index >= 15 is 0 Å². The SMILES string of the molecule is COc1cccc2cc(-c3nnc(SCC(=O)Nc4ccc(Cl)cc4C)n3C)oc12. The third-order valence-electron chi connectivity index (χ3n) is 4.58. The van der Waals surface area contributed by atoms with E-state index in [-0.39, 0.29) is 11.7 Å². The summed E-state index contributed by atoms with van der Waals surface area (Å²) in [5.74, 6) is 1.87. The molecule has 0 saturated heterocycles. The summed E-state index contributed by atoms with van der Waals surface area (Å²) >= 11 is 7.26. The van der Waals surface area contributed by atoms with Crippen molar-refractivity contribution in [2.75, 3.05) is 18.2 Å². The van der Waals surface area contributed by atoms with Crippen molar-refractivity contribution in [3.63, 3.8) is 0 Å².